The van der Waals surface area contributed by atoms with Crippen molar-refractivity contribution in [2.24, 2.45) is 11.8 Å². The number of aliphatic carboxylic acids is 1. The number of oxazole rings is 1. The molecule has 1 aromatic rings. The molecule has 2 N–H and O–H groups in total. The number of hydrogen-bond donors (Lipinski definition) is 2. The second kappa shape index (κ2) is 4.68. The number of carboxylic acids is 1. The lowest BCUT2D eigenvalue weighted by Crippen LogP contribution is -2.26. The highest BCUT2D eigenvalue weighted by molar-refractivity contribution is 5.89. The lowest BCUT2D eigenvalue weighted by Gasteiger charge is -2.13. The highest BCUT2D eigenvalue weighted by atomic mass is 16.4. The summed E-state index contributed by atoms with van der Waals surface area (Å²) in [5.74, 6) is -0.907. The Bertz CT molecular complexity index is 501. The summed E-state index contributed by atoms with van der Waals surface area (Å²) in [7, 11) is 0. The van der Waals surface area contributed by atoms with Crippen LogP contribution in [0.3, 0.4) is 0 Å². The van der Waals surface area contributed by atoms with Crippen molar-refractivity contribution in [1.82, 2.24) is 10.3 Å². The number of amides is 1. The van der Waals surface area contributed by atoms with E-state index in [2.05, 4.69) is 10.3 Å². The molecule has 1 heterocycles. The number of aromatic nitrogens is 1. The third-order valence-corrected chi connectivity index (χ3v) is 3.15. The summed E-state index contributed by atoms with van der Waals surface area (Å²) in [5.41, 5.74) is -0.125. The Morgan fingerprint density at radius 2 is 2.16 bits per heavy atom. The topological polar surface area (TPSA) is 92.4 Å². The molecule has 1 saturated carbocycles. The summed E-state index contributed by atoms with van der Waals surface area (Å²) < 4.78 is 5.53. The predicted molar refractivity (Wildman–Crippen MR) is 66.3 cm³/mol. The summed E-state index contributed by atoms with van der Waals surface area (Å²) in [5, 5.41) is 11.4. The molecule has 2 unspecified atom stereocenters. The van der Waals surface area contributed by atoms with Crippen molar-refractivity contribution in [3.05, 3.63) is 17.8 Å². The summed E-state index contributed by atoms with van der Waals surface area (Å²) >= 11 is 0. The minimum atomic E-state index is -0.911. The Labute approximate surface area is 111 Å². The van der Waals surface area contributed by atoms with Crippen molar-refractivity contribution >= 4 is 11.9 Å². The lowest BCUT2D eigenvalue weighted by atomic mass is 9.94. The molecule has 0 aromatic carbocycles. The van der Waals surface area contributed by atoms with E-state index in [0.717, 1.165) is 5.76 Å². The fourth-order valence-electron chi connectivity index (χ4n) is 1.79. The van der Waals surface area contributed by atoms with Crippen molar-refractivity contribution in [1.29, 1.82) is 0 Å². The van der Waals surface area contributed by atoms with Crippen LogP contribution in [-0.4, -0.2) is 22.0 Å². The fourth-order valence-corrected chi connectivity index (χ4v) is 1.79. The van der Waals surface area contributed by atoms with E-state index < -0.39 is 17.8 Å². The van der Waals surface area contributed by atoms with E-state index in [9.17, 15) is 9.59 Å². The van der Waals surface area contributed by atoms with Crippen LogP contribution in [-0.2, 0) is 21.5 Å². The molecule has 1 amide bonds. The van der Waals surface area contributed by atoms with E-state index in [-0.39, 0.29) is 17.9 Å². The molecule has 6 nitrogen and oxygen atoms in total. The Morgan fingerprint density at radius 1 is 1.47 bits per heavy atom. The van der Waals surface area contributed by atoms with Crippen LogP contribution in [0.15, 0.2) is 10.6 Å². The van der Waals surface area contributed by atoms with Gasteiger partial charge in [0.25, 0.3) is 0 Å². The molecule has 19 heavy (non-hydrogen) atoms. The van der Waals surface area contributed by atoms with Crippen molar-refractivity contribution in [2.75, 3.05) is 0 Å². The van der Waals surface area contributed by atoms with Gasteiger partial charge in [-0.2, -0.15) is 0 Å². The Morgan fingerprint density at radius 3 is 2.63 bits per heavy atom. The van der Waals surface area contributed by atoms with Crippen LogP contribution in [0, 0.1) is 11.8 Å². The van der Waals surface area contributed by atoms with Crippen molar-refractivity contribution in [3.8, 4) is 0 Å². The normalized spacial score (nSPS) is 22.1. The van der Waals surface area contributed by atoms with E-state index in [1.807, 2.05) is 20.8 Å². The van der Waals surface area contributed by atoms with E-state index in [1.54, 1.807) is 6.20 Å². The summed E-state index contributed by atoms with van der Waals surface area (Å²) in [6, 6.07) is 0. The minimum absolute atomic E-state index is 0.125. The summed E-state index contributed by atoms with van der Waals surface area (Å²) in [6.07, 6.45) is 2.07. The third-order valence-electron chi connectivity index (χ3n) is 3.15. The number of nitrogens with zero attached hydrogens (tertiary/aromatic N) is 1. The first-order valence-corrected chi connectivity index (χ1v) is 6.24. The first-order chi connectivity index (χ1) is 8.79. The average molecular weight is 266 g/mol. The smallest absolute Gasteiger partial charge is 0.307 e. The van der Waals surface area contributed by atoms with Gasteiger partial charge in [0.2, 0.25) is 11.8 Å². The van der Waals surface area contributed by atoms with Gasteiger partial charge in [-0.1, -0.05) is 20.8 Å². The first kappa shape index (κ1) is 13.6. The molecule has 2 rings (SSSR count). The van der Waals surface area contributed by atoms with Gasteiger partial charge in [-0.25, -0.2) is 4.98 Å². The largest absolute Gasteiger partial charge is 0.481 e. The number of rotatable bonds is 4. The van der Waals surface area contributed by atoms with E-state index >= 15 is 0 Å². The number of nitrogens with one attached hydrogen (secondary N) is 1. The Balaban J connectivity index is 1.85. The molecule has 0 saturated heterocycles. The highest BCUT2D eigenvalue weighted by Crippen LogP contribution is 2.38. The number of carbonyl (C=O) groups excluding carboxylic acids is 1. The van der Waals surface area contributed by atoms with Gasteiger partial charge < -0.3 is 14.8 Å². The maximum atomic E-state index is 11.7. The van der Waals surface area contributed by atoms with E-state index in [0.29, 0.717) is 12.3 Å². The molecule has 1 fully saturated rings. The standard InChI is InChI=1S/C13H18N2O4/c1-13(2,3)9-5-14-10(19-9)6-15-11(16)7-4-8(7)12(17)18/h5,7-8H,4,6H2,1-3H3,(H,15,16)(H,17,18). The van der Waals surface area contributed by atoms with Crippen LogP contribution in [0.25, 0.3) is 0 Å². The first-order valence-electron chi connectivity index (χ1n) is 6.24. The van der Waals surface area contributed by atoms with Gasteiger partial charge in [0.1, 0.15) is 5.76 Å². The van der Waals surface area contributed by atoms with Gasteiger partial charge in [0, 0.05) is 5.41 Å². The zero-order valence-corrected chi connectivity index (χ0v) is 11.3. The maximum Gasteiger partial charge on any atom is 0.307 e. The van der Waals surface area contributed by atoms with Gasteiger partial charge >= 0.3 is 5.97 Å². The Hall–Kier alpha value is -1.85. The number of carboxylic acid groups (broad SMARTS) is 1. The number of carbonyl (C=O) groups is 2. The minimum Gasteiger partial charge on any atom is -0.481 e. The number of hydrogen-bond acceptors (Lipinski definition) is 4. The summed E-state index contributed by atoms with van der Waals surface area (Å²) in [6.45, 7) is 6.23. The van der Waals surface area contributed by atoms with Crippen LogP contribution in [0.2, 0.25) is 0 Å². The van der Waals surface area contributed by atoms with Crippen molar-refractivity contribution in [2.45, 2.75) is 39.2 Å². The molecule has 0 aliphatic heterocycles. The van der Waals surface area contributed by atoms with Gasteiger partial charge in [-0.05, 0) is 6.42 Å². The van der Waals surface area contributed by atoms with Gasteiger partial charge in [0.15, 0.2) is 0 Å². The molecule has 0 radical (unpaired) electrons. The Kier molecular flexibility index (Phi) is 3.34. The SMILES string of the molecule is CC(C)(C)c1cnc(CNC(=O)C2CC2C(=O)O)o1. The van der Waals surface area contributed by atoms with Gasteiger partial charge in [-0.3, -0.25) is 9.59 Å². The van der Waals surface area contributed by atoms with Crippen LogP contribution in [0.1, 0.15) is 38.8 Å². The van der Waals surface area contributed by atoms with Crippen LogP contribution < -0.4 is 5.32 Å². The summed E-state index contributed by atoms with van der Waals surface area (Å²) in [4.78, 5) is 26.4. The molecule has 0 bridgehead atoms. The second-order valence-corrected chi connectivity index (χ2v) is 5.87. The molecule has 1 aromatic heterocycles. The van der Waals surface area contributed by atoms with E-state index in [4.69, 9.17) is 9.52 Å². The monoisotopic (exact) mass is 266 g/mol. The lowest BCUT2D eigenvalue weighted by molar-refractivity contribution is -0.140. The zero-order valence-electron chi connectivity index (χ0n) is 11.3. The van der Waals surface area contributed by atoms with Crippen molar-refractivity contribution < 1.29 is 19.1 Å². The molecular formula is C13H18N2O4. The van der Waals surface area contributed by atoms with Crippen molar-refractivity contribution in [3.63, 3.8) is 0 Å². The highest BCUT2D eigenvalue weighted by Gasteiger charge is 2.48. The molecule has 2 atom stereocenters. The molecular weight excluding hydrogens is 248 g/mol. The van der Waals surface area contributed by atoms with Crippen LogP contribution in [0.5, 0.6) is 0 Å². The molecule has 6 heteroatoms. The molecule has 0 spiro atoms. The molecule has 1 aliphatic rings. The maximum absolute atomic E-state index is 11.7. The van der Waals surface area contributed by atoms with E-state index in [1.165, 1.54) is 0 Å². The van der Waals surface area contributed by atoms with Crippen LogP contribution >= 0.6 is 0 Å². The zero-order chi connectivity index (χ0) is 14.2. The predicted octanol–water partition coefficient (Wildman–Crippen LogP) is 1.31. The second-order valence-electron chi connectivity index (χ2n) is 5.87. The quantitative estimate of drug-likeness (QED) is 0.857. The third kappa shape index (κ3) is 3.13. The van der Waals surface area contributed by atoms with Gasteiger partial charge in [-0.15, -0.1) is 0 Å². The molecule has 1 aliphatic carbocycles. The average Bonchev–Trinajstić information content (AvgIpc) is 2.96. The molecule has 104 valence electrons. The van der Waals surface area contributed by atoms with Gasteiger partial charge in [0.05, 0.1) is 24.6 Å². The fraction of sp³-hybridized carbons (Fsp3) is 0.615. The van der Waals surface area contributed by atoms with Crippen LogP contribution in [0.4, 0.5) is 0 Å².